The van der Waals surface area contributed by atoms with Gasteiger partial charge in [0.1, 0.15) is 0 Å². The maximum atomic E-state index is 7.23. The number of hydrogen-bond acceptors (Lipinski definition) is 4. The van der Waals surface area contributed by atoms with Gasteiger partial charge in [-0.15, -0.1) is 0 Å². The highest BCUT2D eigenvalue weighted by Crippen LogP contribution is 2.37. The Morgan fingerprint density at radius 2 is 0.588 bits per heavy atom. The van der Waals surface area contributed by atoms with Gasteiger partial charge in [-0.1, -0.05) is 60.7 Å². The molecule has 0 fully saturated rings. The predicted octanol–water partition coefficient (Wildman–Crippen LogP) is 6.02. The van der Waals surface area contributed by atoms with Gasteiger partial charge in [-0.25, -0.2) is 0 Å². The molecule has 0 N–H and O–H groups in total. The molecule has 0 saturated carbocycles. The molecule has 0 aliphatic heterocycles. The van der Waals surface area contributed by atoms with Gasteiger partial charge in [0, 0.05) is 0 Å². The lowest BCUT2D eigenvalue weighted by molar-refractivity contribution is -0.00729. The van der Waals surface area contributed by atoms with Crippen LogP contribution in [0.25, 0.3) is 0 Å². The lowest BCUT2D eigenvalue weighted by Gasteiger charge is -2.52. The van der Waals surface area contributed by atoms with E-state index in [0.717, 1.165) is 10.4 Å². The Morgan fingerprint density at radius 1 is 0.382 bits per heavy atom. The molecule has 2 aromatic carbocycles. The first kappa shape index (κ1) is 28.9. The van der Waals surface area contributed by atoms with Crippen LogP contribution in [0.3, 0.4) is 0 Å². The van der Waals surface area contributed by atoms with E-state index in [9.17, 15) is 0 Å². The quantitative estimate of drug-likeness (QED) is 0.434. The summed E-state index contributed by atoms with van der Waals surface area (Å²) in [5, 5.41) is 2.03. The standard InChI is InChI=1S/C28H46O4Si2/c1-25(2,3)29-33(30-26(4,5)6,23-19-15-13-16-20-23)34(31-27(7,8)9,32-28(10,11)12)24-21-17-14-18-22-24/h13-22H,1-12H3. The molecule has 0 aliphatic carbocycles. The zero-order valence-corrected chi connectivity index (χ0v) is 25.4. The van der Waals surface area contributed by atoms with Crippen molar-refractivity contribution in [2.24, 2.45) is 0 Å². The van der Waals surface area contributed by atoms with Crippen molar-refractivity contribution in [2.75, 3.05) is 0 Å². The van der Waals surface area contributed by atoms with Crippen molar-refractivity contribution in [1.29, 1.82) is 0 Å². The Bertz CT molecular complexity index is 792. The third-order valence-electron chi connectivity index (χ3n) is 4.54. The van der Waals surface area contributed by atoms with Gasteiger partial charge in [-0.3, -0.25) is 0 Å². The molecule has 0 spiro atoms. The molecular weight excluding hydrogens is 456 g/mol. The molecule has 0 amide bonds. The van der Waals surface area contributed by atoms with Gasteiger partial charge in [-0.05, 0) is 93.5 Å². The van der Waals surface area contributed by atoms with Gasteiger partial charge >= 0.3 is 16.2 Å². The summed E-state index contributed by atoms with van der Waals surface area (Å²) in [6.07, 6.45) is 0. The Labute approximate surface area is 210 Å². The van der Waals surface area contributed by atoms with Crippen molar-refractivity contribution >= 4 is 26.5 Å². The first-order valence-electron chi connectivity index (χ1n) is 12.2. The van der Waals surface area contributed by atoms with E-state index in [-0.39, 0.29) is 0 Å². The summed E-state index contributed by atoms with van der Waals surface area (Å²) < 4.78 is 28.9. The van der Waals surface area contributed by atoms with E-state index in [1.807, 2.05) is 36.4 Å². The largest absolute Gasteiger partial charge is 0.424 e. The smallest absolute Gasteiger partial charge is 0.385 e. The molecule has 0 heterocycles. The Hall–Kier alpha value is -1.29. The van der Waals surface area contributed by atoms with Crippen LogP contribution < -0.4 is 10.4 Å². The molecule has 6 heteroatoms. The zero-order chi connectivity index (χ0) is 26.1. The van der Waals surface area contributed by atoms with Crippen molar-refractivity contribution < 1.29 is 17.7 Å². The SMILES string of the molecule is CC(C)(C)O[Si](OC(C)(C)C)(c1ccccc1)[Si](OC(C)(C)C)(OC(C)(C)C)c1ccccc1. The van der Waals surface area contributed by atoms with Crippen LogP contribution in [0.4, 0.5) is 0 Å². The summed E-state index contributed by atoms with van der Waals surface area (Å²) >= 11 is 0. The summed E-state index contributed by atoms with van der Waals surface area (Å²) in [6, 6.07) is 20.7. The summed E-state index contributed by atoms with van der Waals surface area (Å²) in [5.74, 6) is 0. The first-order chi connectivity index (χ1) is 15.3. The number of rotatable bonds is 7. The minimum absolute atomic E-state index is 0.497. The molecule has 0 unspecified atom stereocenters. The highest BCUT2D eigenvalue weighted by atomic mass is 29.3. The summed E-state index contributed by atoms with van der Waals surface area (Å²) in [4.78, 5) is 0. The summed E-state index contributed by atoms with van der Waals surface area (Å²) in [7, 11) is -6.98. The Balaban J connectivity index is 3.13. The van der Waals surface area contributed by atoms with Crippen LogP contribution in [0.2, 0.25) is 0 Å². The van der Waals surface area contributed by atoms with Crippen molar-refractivity contribution in [3.05, 3.63) is 60.7 Å². The fourth-order valence-electron chi connectivity index (χ4n) is 3.97. The van der Waals surface area contributed by atoms with Crippen molar-refractivity contribution in [1.82, 2.24) is 0 Å². The summed E-state index contributed by atoms with van der Waals surface area (Å²) in [6.45, 7) is 25.0. The van der Waals surface area contributed by atoms with E-state index >= 15 is 0 Å². The number of hydrogen-bond donors (Lipinski definition) is 0. The number of benzene rings is 2. The molecule has 34 heavy (non-hydrogen) atoms. The van der Waals surface area contributed by atoms with Gasteiger partial charge in [0.15, 0.2) is 0 Å². The van der Waals surface area contributed by atoms with Crippen LogP contribution in [0.1, 0.15) is 83.1 Å². The maximum Gasteiger partial charge on any atom is 0.424 e. The van der Waals surface area contributed by atoms with Crippen molar-refractivity contribution in [3.8, 4) is 0 Å². The minimum Gasteiger partial charge on any atom is -0.385 e. The molecule has 190 valence electrons. The van der Waals surface area contributed by atoms with Crippen LogP contribution >= 0.6 is 0 Å². The van der Waals surface area contributed by atoms with Gasteiger partial charge in [0.2, 0.25) is 0 Å². The first-order valence-corrected chi connectivity index (χ1v) is 16.8. The molecule has 0 radical (unpaired) electrons. The maximum absolute atomic E-state index is 7.23. The molecule has 2 aromatic rings. The molecule has 4 nitrogen and oxygen atoms in total. The van der Waals surface area contributed by atoms with Crippen molar-refractivity contribution in [3.63, 3.8) is 0 Å². The molecular formula is C28H46O4Si2. The van der Waals surface area contributed by atoms with Gasteiger partial charge in [-0.2, -0.15) is 0 Å². The van der Waals surface area contributed by atoms with Gasteiger partial charge in [0.05, 0.1) is 22.4 Å². The second-order valence-electron chi connectivity index (χ2n) is 12.8. The van der Waals surface area contributed by atoms with Crippen LogP contribution in [-0.4, -0.2) is 38.6 Å². The van der Waals surface area contributed by atoms with Crippen LogP contribution in [-0.2, 0) is 17.7 Å². The van der Waals surface area contributed by atoms with E-state index in [1.54, 1.807) is 0 Å². The third kappa shape index (κ3) is 7.61. The van der Waals surface area contributed by atoms with Gasteiger partial charge in [0.25, 0.3) is 0 Å². The Morgan fingerprint density at radius 3 is 0.765 bits per heavy atom. The predicted molar refractivity (Wildman–Crippen MR) is 147 cm³/mol. The summed E-state index contributed by atoms with van der Waals surface area (Å²) in [5.41, 5.74) is -1.99. The fraction of sp³-hybridized carbons (Fsp3) is 0.571. The fourth-order valence-corrected chi connectivity index (χ4v) is 19.1. The third-order valence-corrected chi connectivity index (χ3v) is 16.7. The van der Waals surface area contributed by atoms with E-state index < -0.39 is 38.6 Å². The van der Waals surface area contributed by atoms with Gasteiger partial charge < -0.3 is 17.7 Å². The highest BCUT2D eigenvalue weighted by molar-refractivity contribution is 7.42. The molecule has 2 rings (SSSR count). The molecule has 0 bridgehead atoms. The lowest BCUT2D eigenvalue weighted by Crippen LogP contribution is -2.85. The molecule has 0 saturated heterocycles. The average molecular weight is 503 g/mol. The molecule has 0 aromatic heterocycles. The Kier molecular flexibility index (Phi) is 8.51. The van der Waals surface area contributed by atoms with E-state index in [0.29, 0.717) is 0 Å². The van der Waals surface area contributed by atoms with Crippen molar-refractivity contribution in [2.45, 2.75) is 105 Å². The van der Waals surface area contributed by atoms with E-state index in [4.69, 9.17) is 17.7 Å². The molecule has 0 atom stereocenters. The lowest BCUT2D eigenvalue weighted by atomic mass is 10.2. The molecule has 0 aliphatic rings. The van der Waals surface area contributed by atoms with E-state index in [2.05, 4.69) is 107 Å². The second kappa shape index (κ2) is 9.99. The van der Waals surface area contributed by atoms with Crippen LogP contribution in [0, 0.1) is 0 Å². The van der Waals surface area contributed by atoms with Crippen LogP contribution in [0.5, 0.6) is 0 Å². The average Bonchev–Trinajstić information content (AvgIpc) is 2.63. The minimum atomic E-state index is -3.49. The highest BCUT2D eigenvalue weighted by Gasteiger charge is 2.72. The monoisotopic (exact) mass is 502 g/mol. The van der Waals surface area contributed by atoms with E-state index in [1.165, 1.54) is 0 Å². The zero-order valence-electron chi connectivity index (χ0n) is 23.4. The van der Waals surface area contributed by atoms with Crippen LogP contribution in [0.15, 0.2) is 60.7 Å². The topological polar surface area (TPSA) is 36.9 Å². The normalized spacial score (nSPS) is 14.4. The second-order valence-corrected chi connectivity index (χ2v) is 21.2.